The van der Waals surface area contributed by atoms with Gasteiger partial charge in [-0.15, -0.1) is 0 Å². The summed E-state index contributed by atoms with van der Waals surface area (Å²) in [4.78, 5) is 38.2. The van der Waals surface area contributed by atoms with Crippen LogP contribution >= 0.6 is 0 Å². The second-order valence-electron chi connectivity index (χ2n) is 6.25. The Morgan fingerprint density at radius 2 is 2.24 bits per heavy atom. The van der Waals surface area contributed by atoms with E-state index in [-0.39, 0.29) is 17.7 Å². The molecule has 132 valence electrons. The maximum Gasteiger partial charge on any atom is 0.345 e. The molecule has 1 atom stereocenters. The molecular weight excluding hydrogens is 322 g/mol. The van der Waals surface area contributed by atoms with E-state index in [1.54, 1.807) is 24.1 Å². The number of aryl methyl sites for hydroxylation is 1. The molecule has 0 aliphatic carbocycles. The fraction of sp³-hybridized carbons (Fsp3) is 0.412. The van der Waals surface area contributed by atoms with Crippen LogP contribution in [0.5, 0.6) is 5.75 Å². The van der Waals surface area contributed by atoms with E-state index in [4.69, 9.17) is 4.74 Å². The summed E-state index contributed by atoms with van der Waals surface area (Å²) in [5, 5.41) is 0. The Morgan fingerprint density at radius 1 is 1.44 bits per heavy atom. The van der Waals surface area contributed by atoms with Crippen molar-refractivity contribution >= 4 is 11.7 Å². The van der Waals surface area contributed by atoms with Gasteiger partial charge in [0.05, 0.1) is 6.54 Å². The summed E-state index contributed by atoms with van der Waals surface area (Å²) in [6.45, 7) is 2.74. The van der Waals surface area contributed by atoms with Gasteiger partial charge < -0.3 is 19.5 Å². The molecule has 1 fully saturated rings. The second-order valence-corrected chi connectivity index (χ2v) is 6.25. The van der Waals surface area contributed by atoms with Crippen molar-refractivity contribution in [1.82, 2.24) is 19.9 Å². The number of likely N-dealkylation sites (tertiary alicyclic amines) is 1. The maximum atomic E-state index is 12.6. The minimum atomic E-state index is -0.513. The van der Waals surface area contributed by atoms with Gasteiger partial charge in [0.15, 0.2) is 11.6 Å². The zero-order valence-electron chi connectivity index (χ0n) is 14.5. The number of ether oxygens (including phenoxy) is 1. The Morgan fingerprint density at radius 3 is 2.96 bits per heavy atom. The summed E-state index contributed by atoms with van der Waals surface area (Å²) in [5.74, 6) is 1.19. The molecule has 2 aromatic rings. The maximum absolute atomic E-state index is 12.6. The van der Waals surface area contributed by atoms with Crippen molar-refractivity contribution in [2.75, 3.05) is 32.1 Å². The summed E-state index contributed by atoms with van der Waals surface area (Å²) < 4.78 is 6.05. The molecular formula is C17H21N5O3. The first kappa shape index (κ1) is 16.9. The predicted molar refractivity (Wildman–Crippen MR) is 93.1 cm³/mol. The lowest BCUT2D eigenvalue weighted by atomic mass is 10.3. The van der Waals surface area contributed by atoms with E-state index >= 15 is 0 Å². The van der Waals surface area contributed by atoms with Gasteiger partial charge in [-0.1, -0.05) is 0 Å². The number of nitrogens with one attached hydrogen (secondary N) is 1. The number of amides is 1. The molecule has 0 spiro atoms. The number of anilines is 1. The second kappa shape index (κ2) is 6.92. The number of aromatic amines is 1. The van der Waals surface area contributed by atoms with E-state index in [2.05, 4.69) is 15.0 Å². The number of carbonyl (C=O) groups excluding carboxylic acids is 1. The fourth-order valence-electron chi connectivity index (χ4n) is 2.85. The van der Waals surface area contributed by atoms with Crippen LogP contribution in [-0.2, 0) is 0 Å². The third-order valence-electron chi connectivity index (χ3n) is 4.00. The van der Waals surface area contributed by atoms with Crippen LogP contribution < -0.4 is 15.3 Å². The highest BCUT2D eigenvalue weighted by molar-refractivity contribution is 5.92. The van der Waals surface area contributed by atoms with E-state index < -0.39 is 5.69 Å². The molecule has 1 amide bonds. The molecule has 0 bridgehead atoms. The third kappa shape index (κ3) is 3.78. The first-order valence-electron chi connectivity index (χ1n) is 8.10. The van der Waals surface area contributed by atoms with Crippen molar-refractivity contribution in [2.24, 2.45) is 0 Å². The van der Waals surface area contributed by atoms with Crippen molar-refractivity contribution in [3.63, 3.8) is 0 Å². The van der Waals surface area contributed by atoms with E-state index in [9.17, 15) is 9.59 Å². The van der Waals surface area contributed by atoms with Crippen LogP contribution in [0.15, 0.2) is 29.2 Å². The normalized spacial score (nSPS) is 16.8. The van der Waals surface area contributed by atoms with Gasteiger partial charge in [-0.3, -0.25) is 4.79 Å². The number of rotatable bonds is 4. The van der Waals surface area contributed by atoms with E-state index in [1.807, 2.05) is 31.1 Å². The Balaban J connectivity index is 1.70. The molecule has 2 aromatic heterocycles. The number of nitrogens with zero attached hydrogens (tertiary/aromatic N) is 4. The zero-order chi connectivity index (χ0) is 18.0. The number of pyridine rings is 1. The molecule has 1 aliphatic heterocycles. The van der Waals surface area contributed by atoms with Crippen LogP contribution in [0.1, 0.15) is 22.6 Å². The monoisotopic (exact) mass is 343 g/mol. The molecule has 1 unspecified atom stereocenters. The average Bonchev–Trinajstić information content (AvgIpc) is 3.02. The number of H-pyrrole nitrogens is 1. The van der Waals surface area contributed by atoms with Crippen molar-refractivity contribution < 1.29 is 9.53 Å². The molecule has 1 N–H and O–H groups in total. The molecule has 0 radical (unpaired) electrons. The summed E-state index contributed by atoms with van der Waals surface area (Å²) in [5.41, 5.74) is 0.264. The van der Waals surface area contributed by atoms with E-state index in [0.717, 1.165) is 12.2 Å². The Kier molecular flexibility index (Phi) is 4.69. The Labute approximate surface area is 145 Å². The van der Waals surface area contributed by atoms with Crippen molar-refractivity contribution in [3.05, 3.63) is 46.3 Å². The summed E-state index contributed by atoms with van der Waals surface area (Å²) >= 11 is 0. The largest absolute Gasteiger partial charge is 0.485 e. The van der Waals surface area contributed by atoms with Crippen LogP contribution in [0.2, 0.25) is 0 Å². The molecule has 3 rings (SSSR count). The summed E-state index contributed by atoms with van der Waals surface area (Å²) in [6, 6.07) is 5.28. The molecule has 8 heteroatoms. The Hall–Kier alpha value is -2.90. The number of carbonyl (C=O) groups is 1. The van der Waals surface area contributed by atoms with Gasteiger partial charge in [-0.05, 0) is 25.1 Å². The summed E-state index contributed by atoms with van der Waals surface area (Å²) in [7, 11) is 3.81. The minimum Gasteiger partial charge on any atom is -0.485 e. The standard InChI is InChI=1S/C17H21N5O3/c1-11-9-13(20-17(24)19-11)16(23)22-8-6-12(10-22)25-14-5-4-7-18-15(14)21(2)3/h4-5,7,9,12H,6,8,10H2,1-3H3,(H,19,20,24). The van der Waals surface area contributed by atoms with Gasteiger partial charge in [0, 0.05) is 39.0 Å². The van der Waals surface area contributed by atoms with Crippen LogP contribution in [0.25, 0.3) is 0 Å². The van der Waals surface area contributed by atoms with Crippen molar-refractivity contribution in [1.29, 1.82) is 0 Å². The molecule has 1 saturated heterocycles. The predicted octanol–water partition coefficient (Wildman–Crippen LogP) is 0.833. The van der Waals surface area contributed by atoms with E-state index in [1.165, 1.54) is 0 Å². The fourth-order valence-corrected chi connectivity index (χ4v) is 2.85. The molecule has 1 aliphatic rings. The van der Waals surface area contributed by atoms with Gasteiger partial charge in [0.2, 0.25) is 0 Å². The van der Waals surface area contributed by atoms with E-state index in [0.29, 0.717) is 24.5 Å². The highest BCUT2D eigenvalue weighted by Gasteiger charge is 2.30. The van der Waals surface area contributed by atoms with Gasteiger partial charge in [-0.2, -0.15) is 4.98 Å². The van der Waals surface area contributed by atoms with Crippen LogP contribution in [0, 0.1) is 6.92 Å². The highest BCUT2D eigenvalue weighted by Crippen LogP contribution is 2.26. The average molecular weight is 343 g/mol. The van der Waals surface area contributed by atoms with Gasteiger partial charge >= 0.3 is 5.69 Å². The SMILES string of the molecule is Cc1cc(C(=O)N2CCC(Oc3cccnc3N(C)C)C2)nc(=O)[nH]1. The third-order valence-corrected chi connectivity index (χ3v) is 4.00. The first-order chi connectivity index (χ1) is 11.9. The molecule has 0 saturated carbocycles. The number of aromatic nitrogens is 3. The van der Waals surface area contributed by atoms with Gasteiger partial charge in [-0.25, -0.2) is 9.78 Å². The smallest absolute Gasteiger partial charge is 0.345 e. The van der Waals surface area contributed by atoms with Crippen molar-refractivity contribution in [3.8, 4) is 5.75 Å². The molecule has 25 heavy (non-hydrogen) atoms. The lowest BCUT2D eigenvalue weighted by Crippen LogP contribution is -2.33. The lowest BCUT2D eigenvalue weighted by Gasteiger charge is -2.20. The zero-order valence-corrected chi connectivity index (χ0v) is 14.5. The topological polar surface area (TPSA) is 91.4 Å². The minimum absolute atomic E-state index is 0.116. The molecule has 0 aromatic carbocycles. The number of hydrogen-bond acceptors (Lipinski definition) is 6. The van der Waals surface area contributed by atoms with Crippen LogP contribution in [0.3, 0.4) is 0 Å². The van der Waals surface area contributed by atoms with Gasteiger partial charge in [0.25, 0.3) is 5.91 Å². The van der Waals surface area contributed by atoms with Crippen molar-refractivity contribution in [2.45, 2.75) is 19.4 Å². The first-order valence-corrected chi connectivity index (χ1v) is 8.10. The number of hydrogen-bond donors (Lipinski definition) is 1. The quantitative estimate of drug-likeness (QED) is 0.884. The lowest BCUT2D eigenvalue weighted by molar-refractivity contribution is 0.0766. The Bertz CT molecular complexity index is 833. The highest BCUT2D eigenvalue weighted by atomic mass is 16.5. The van der Waals surface area contributed by atoms with Crippen LogP contribution in [0.4, 0.5) is 5.82 Å². The van der Waals surface area contributed by atoms with Gasteiger partial charge in [0.1, 0.15) is 11.8 Å². The molecule has 3 heterocycles. The summed E-state index contributed by atoms with van der Waals surface area (Å²) in [6.07, 6.45) is 2.32. The van der Waals surface area contributed by atoms with Crippen LogP contribution in [-0.4, -0.2) is 59.0 Å². The molecule has 8 nitrogen and oxygen atoms in total.